The highest BCUT2D eigenvalue weighted by atomic mass is 16.3. The molecule has 0 bridgehead atoms. The zero-order valence-electron chi connectivity index (χ0n) is 10.1. The van der Waals surface area contributed by atoms with Crippen LogP contribution in [-0.2, 0) is 20.0 Å². The molecular formula is C11H17N5O. The van der Waals surface area contributed by atoms with Gasteiger partial charge in [-0.3, -0.25) is 4.68 Å². The number of aliphatic hydroxyl groups is 1. The molecule has 1 N–H and O–H groups in total. The van der Waals surface area contributed by atoms with Crippen LogP contribution in [0.25, 0.3) is 0 Å². The summed E-state index contributed by atoms with van der Waals surface area (Å²) in [6.45, 7) is 2.63. The standard InChI is InChI=1S/C11H17N5O/c1-3-10(17)9-8-16(14-13-9)6-4-11-12-5-7-15(11)2/h5,7-8,10,17H,3-4,6H2,1-2H3. The van der Waals surface area contributed by atoms with Crippen molar-refractivity contribution in [3.05, 3.63) is 30.1 Å². The summed E-state index contributed by atoms with van der Waals surface area (Å²) >= 11 is 0. The molecule has 2 aromatic rings. The Morgan fingerprint density at radius 3 is 2.94 bits per heavy atom. The lowest BCUT2D eigenvalue weighted by Crippen LogP contribution is -2.06. The van der Waals surface area contributed by atoms with E-state index in [-0.39, 0.29) is 0 Å². The molecule has 6 nitrogen and oxygen atoms in total. The Bertz CT molecular complexity index is 476. The van der Waals surface area contributed by atoms with E-state index >= 15 is 0 Å². The summed E-state index contributed by atoms with van der Waals surface area (Å²) in [7, 11) is 1.97. The average Bonchev–Trinajstić information content (AvgIpc) is 2.94. The van der Waals surface area contributed by atoms with Crippen LogP contribution in [0.15, 0.2) is 18.6 Å². The van der Waals surface area contributed by atoms with Crippen LogP contribution in [0.4, 0.5) is 0 Å². The van der Waals surface area contributed by atoms with Crippen LogP contribution in [-0.4, -0.2) is 29.7 Å². The van der Waals surface area contributed by atoms with Gasteiger partial charge in [-0.05, 0) is 6.42 Å². The smallest absolute Gasteiger partial charge is 0.111 e. The van der Waals surface area contributed by atoms with E-state index in [1.54, 1.807) is 17.1 Å². The summed E-state index contributed by atoms with van der Waals surface area (Å²) in [4.78, 5) is 4.24. The molecule has 0 aliphatic heterocycles. The first kappa shape index (κ1) is 11.8. The predicted molar refractivity (Wildman–Crippen MR) is 62.2 cm³/mol. The molecule has 2 aromatic heterocycles. The van der Waals surface area contributed by atoms with Gasteiger partial charge in [0, 0.05) is 32.4 Å². The highest BCUT2D eigenvalue weighted by molar-refractivity contribution is 4.97. The third-order valence-corrected chi connectivity index (χ3v) is 2.77. The minimum absolute atomic E-state index is 0.517. The largest absolute Gasteiger partial charge is 0.387 e. The molecule has 92 valence electrons. The van der Waals surface area contributed by atoms with Gasteiger partial charge in [-0.25, -0.2) is 4.98 Å². The summed E-state index contributed by atoms with van der Waals surface area (Å²) in [5, 5.41) is 17.5. The summed E-state index contributed by atoms with van der Waals surface area (Å²) < 4.78 is 3.72. The molecule has 0 spiro atoms. The maximum absolute atomic E-state index is 9.61. The van der Waals surface area contributed by atoms with Crippen molar-refractivity contribution in [3.63, 3.8) is 0 Å². The molecule has 0 saturated heterocycles. The lowest BCUT2D eigenvalue weighted by atomic mass is 10.2. The Labute approximate surface area is 99.9 Å². The minimum atomic E-state index is -0.517. The zero-order chi connectivity index (χ0) is 12.3. The van der Waals surface area contributed by atoms with Crippen LogP contribution in [0.3, 0.4) is 0 Å². The van der Waals surface area contributed by atoms with Crippen LogP contribution >= 0.6 is 0 Å². The first-order valence-corrected chi connectivity index (χ1v) is 5.75. The van der Waals surface area contributed by atoms with Gasteiger partial charge in [-0.2, -0.15) is 0 Å². The van der Waals surface area contributed by atoms with Gasteiger partial charge < -0.3 is 9.67 Å². The van der Waals surface area contributed by atoms with Crippen LogP contribution < -0.4 is 0 Å². The minimum Gasteiger partial charge on any atom is -0.387 e. The van der Waals surface area contributed by atoms with Gasteiger partial charge in [0.1, 0.15) is 11.5 Å². The summed E-state index contributed by atoms with van der Waals surface area (Å²) in [6.07, 6.45) is 6.42. The van der Waals surface area contributed by atoms with Crippen molar-refractivity contribution < 1.29 is 5.11 Å². The van der Waals surface area contributed by atoms with Crippen molar-refractivity contribution >= 4 is 0 Å². The van der Waals surface area contributed by atoms with E-state index in [9.17, 15) is 5.11 Å². The maximum atomic E-state index is 9.61. The molecule has 17 heavy (non-hydrogen) atoms. The van der Waals surface area contributed by atoms with Gasteiger partial charge in [0.05, 0.1) is 12.3 Å². The summed E-state index contributed by atoms with van der Waals surface area (Å²) in [5.41, 5.74) is 0.632. The number of aromatic nitrogens is 5. The van der Waals surface area contributed by atoms with E-state index in [4.69, 9.17) is 0 Å². The van der Waals surface area contributed by atoms with E-state index in [0.717, 1.165) is 12.2 Å². The van der Waals surface area contributed by atoms with Crippen LogP contribution in [0.2, 0.25) is 0 Å². The highest BCUT2D eigenvalue weighted by Gasteiger charge is 2.09. The lowest BCUT2D eigenvalue weighted by Gasteiger charge is -2.02. The molecule has 0 aliphatic rings. The number of hydrogen-bond acceptors (Lipinski definition) is 4. The van der Waals surface area contributed by atoms with E-state index in [2.05, 4.69) is 15.3 Å². The van der Waals surface area contributed by atoms with E-state index in [0.29, 0.717) is 18.7 Å². The fourth-order valence-electron chi connectivity index (χ4n) is 1.64. The van der Waals surface area contributed by atoms with Crippen molar-refractivity contribution in [2.24, 2.45) is 7.05 Å². The molecule has 0 saturated carbocycles. The van der Waals surface area contributed by atoms with Gasteiger partial charge in [-0.1, -0.05) is 12.1 Å². The number of imidazole rings is 1. The van der Waals surface area contributed by atoms with Gasteiger partial charge in [-0.15, -0.1) is 5.10 Å². The Kier molecular flexibility index (Phi) is 3.53. The topological polar surface area (TPSA) is 68.8 Å². The van der Waals surface area contributed by atoms with Gasteiger partial charge in [0.15, 0.2) is 0 Å². The van der Waals surface area contributed by atoms with Crippen LogP contribution in [0.1, 0.15) is 31.0 Å². The average molecular weight is 235 g/mol. The normalized spacial score (nSPS) is 12.9. The third-order valence-electron chi connectivity index (χ3n) is 2.77. The quantitative estimate of drug-likeness (QED) is 0.828. The predicted octanol–water partition coefficient (Wildman–Crippen LogP) is 0.698. The van der Waals surface area contributed by atoms with E-state index in [1.807, 2.05) is 24.7 Å². The first-order valence-electron chi connectivity index (χ1n) is 5.75. The van der Waals surface area contributed by atoms with Crippen molar-refractivity contribution in [3.8, 4) is 0 Å². The molecule has 1 unspecified atom stereocenters. The molecule has 0 fully saturated rings. The third kappa shape index (κ3) is 2.71. The molecule has 0 aliphatic carbocycles. The number of aliphatic hydroxyl groups excluding tert-OH is 1. The van der Waals surface area contributed by atoms with Crippen molar-refractivity contribution in [2.75, 3.05) is 0 Å². The Morgan fingerprint density at radius 1 is 1.47 bits per heavy atom. The second-order valence-electron chi connectivity index (χ2n) is 4.03. The first-order chi connectivity index (χ1) is 8.20. The van der Waals surface area contributed by atoms with Gasteiger partial charge >= 0.3 is 0 Å². The fourth-order valence-corrected chi connectivity index (χ4v) is 1.64. The zero-order valence-corrected chi connectivity index (χ0v) is 10.1. The Balaban J connectivity index is 1.96. The van der Waals surface area contributed by atoms with Crippen LogP contribution in [0, 0.1) is 0 Å². The second-order valence-corrected chi connectivity index (χ2v) is 4.03. The van der Waals surface area contributed by atoms with Crippen LogP contribution in [0.5, 0.6) is 0 Å². The molecule has 6 heteroatoms. The van der Waals surface area contributed by atoms with Crippen molar-refractivity contribution in [2.45, 2.75) is 32.4 Å². The Hall–Kier alpha value is -1.69. The molecule has 0 amide bonds. The van der Waals surface area contributed by atoms with E-state index < -0.39 is 6.10 Å². The summed E-state index contributed by atoms with van der Waals surface area (Å²) in [5.74, 6) is 1.01. The fraction of sp³-hybridized carbons (Fsp3) is 0.545. The van der Waals surface area contributed by atoms with Gasteiger partial charge in [0.2, 0.25) is 0 Å². The molecule has 2 rings (SSSR count). The van der Waals surface area contributed by atoms with Crippen molar-refractivity contribution in [1.82, 2.24) is 24.5 Å². The lowest BCUT2D eigenvalue weighted by molar-refractivity contribution is 0.168. The molecular weight excluding hydrogens is 218 g/mol. The highest BCUT2D eigenvalue weighted by Crippen LogP contribution is 2.12. The Morgan fingerprint density at radius 2 is 2.29 bits per heavy atom. The maximum Gasteiger partial charge on any atom is 0.111 e. The molecule has 1 atom stereocenters. The SMILES string of the molecule is CCC(O)c1cn(CCc2nccn2C)nn1. The molecule has 0 aromatic carbocycles. The molecule has 0 radical (unpaired) electrons. The molecule has 2 heterocycles. The number of hydrogen-bond donors (Lipinski definition) is 1. The summed E-state index contributed by atoms with van der Waals surface area (Å²) in [6, 6.07) is 0. The number of rotatable bonds is 5. The monoisotopic (exact) mass is 235 g/mol. The number of aryl methyl sites for hydroxylation is 3. The number of nitrogens with zero attached hydrogens (tertiary/aromatic N) is 5. The van der Waals surface area contributed by atoms with Crippen molar-refractivity contribution in [1.29, 1.82) is 0 Å². The van der Waals surface area contributed by atoms with E-state index in [1.165, 1.54) is 0 Å². The second kappa shape index (κ2) is 5.09. The van der Waals surface area contributed by atoms with Gasteiger partial charge in [0.25, 0.3) is 0 Å².